The zero-order valence-corrected chi connectivity index (χ0v) is 16.9. The number of fused-ring (bicyclic) bond motifs is 1. The van der Waals surface area contributed by atoms with E-state index in [0.29, 0.717) is 13.0 Å². The molecule has 2 saturated heterocycles. The Labute approximate surface area is 176 Å². The molecule has 3 heterocycles. The molecule has 1 amide bonds. The lowest BCUT2D eigenvalue weighted by molar-refractivity contribution is -0.146. The number of hydrogen-bond donors (Lipinski definition) is 2. The van der Waals surface area contributed by atoms with Gasteiger partial charge in [-0.25, -0.2) is 4.79 Å². The summed E-state index contributed by atoms with van der Waals surface area (Å²) >= 11 is 0. The first-order valence-corrected chi connectivity index (χ1v) is 10.5. The molecule has 158 valence electrons. The molecule has 3 aliphatic heterocycles. The SMILES string of the molecule is O=C(O)N[C@H]1COc2cc(N3CCN(Cc4ccccc4)C4(COC4)C3)ccc2C1. The summed E-state index contributed by atoms with van der Waals surface area (Å²) in [6.45, 7) is 5.72. The average molecular weight is 409 g/mol. The van der Waals surface area contributed by atoms with Crippen LogP contribution in [0.1, 0.15) is 11.1 Å². The molecule has 5 rings (SSSR count). The van der Waals surface area contributed by atoms with Gasteiger partial charge >= 0.3 is 6.09 Å². The minimum absolute atomic E-state index is 0.0569. The highest BCUT2D eigenvalue weighted by atomic mass is 16.5. The van der Waals surface area contributed by atoms with E-state index >= 15 is 0 Å². The predicted molar refractivity (Wildman–Crippen MR) is 113 cm³/mol. The van der Waals surface area contributed by atoms with Crippen molar-refractivity contribution in [3.05, 3.63) is 59.7 Å². The normalized spacial score (nSPS) is 22.7. The molecule has 30 heavy (non-hydrogen) atoms. The Morgan fingerprint density at radius 2 is 2.00 bits per heavy atom. The number of ether oxygens (including phenoxy) is 2. The molecule has 0 aromatic heterocycles. The van der Waals surface area contributed by atoms with Crippen molar-refractivity contribution in [1.29, 1.82) is 0 Å². The number of amides is 1. The second kappa shape index (κ2) is 7.81. The highest BCUT2D eigenvalue weighted by Crippen LogP contribution is 2.35. The molecular formula is C23H27N3O4. The van der Waals surface area contributed by atoms with E-state index < -0.39 is 6.09 Å². The van der Waals surface area contributed by atoms with Crippen LogP contribution in [-0.4, -0.2) is 67.1 Å². The highest BCUT2D eigenvalue weighted by molar-refractivity contribution is 5.65. The Balaban J connectivity index is 1.29. The Hall–Kier alpha value is -2.77. The molecule has 7 heteroatoms. The summed E-state index contributed by atoms with van der Waals surface area (Å²) in [7, 11) is 0. The fraction of sp³-hybridized carbons (Fsp3) is 0.435. The van der Waals surface area contributed by atoms with Crippen LogP contribution in [0.3, 0.4) is 0 Å². The molecule has 2 N–H and O–H groups in total. The number of piperazine rings is 1. The molecule has 1 spiro atoms. The summed E-state index contributed by atoms with van der Waals surface area (Å²) in [5.41, 5.74) is 3.60. The van der Waals surface area contributed by atoms with Gasteiger partial charge in [0.25, 0.3) is 0 Å². The van der Waals surface area contributed by atoms with E-state index in [2.05, 4.69) is 63.6 Å². The molecule has 0 radical (unpaired) electrons. The predicted octanol–water partition coefficient (Wildman–Crippen LogP) is 2.35. The monoisotopic (exact) mass is 409 g/mol. The van der Waals surface area contributed by atoms with Gasteiger partial charge in [0.15, 0.2) is 0 Å². The van der Waals surface area contributed by atoms with Crippen molar-refractivity contribution in [2.75, 3.05) is 44.4 Å². The van der Waals surface area contributed by atoms with Crippen molar-refractivity contribution in [2.24, 2.45) is 0 Å². The number of nitrogens with zero attached hydrogens (tertiary/aromatic N) is 2. The lowest BCUT2D eigenvalue weighted by Crippen LogP contribution is -2.71. The summed E-state index contributed by atoms with van der Waals surface area (Å²) in [6.07, 6.45) is -0.352. The van der Waals surface area contributed by atoms with Crippen LogP contribution < -0.4 is 15.0 Å². The van der Waals surface area contributed by atoms with E-state index in [1.54, 1.807) is 0 Å². The summed E-state index contributed by atoms with van der Waals surface area (Å²) in [6, 6.07) is 16.7. The first kappa shape index (κ1) is 19.2. The molecule has 2 aromatic carbocycles. The Bertz CT molecular complexity index is 916. The highest BCUT2D eigenvalue weighted by Gasteiger charge is 2.47. The third kappa shape index (κ3) is 3.70. The molecule has 7 nitrogen and oxygen atoms in total. The summed E-state index contributed by atoms with van der Waals surface area (Å²) in [5.74, 6) is 0.863. The molecule has 0 aliphatic carbocycles. The van der Waals surface area contributed by atoms with Gasteiger partial charge in [-0.05, 0) is 23.6 Å². The van der Waals surface area contributed by atoms with E-state index in [4.69, 9.17) is 14.6 Å². The second-order valence-electron chi connectivity index (χ2n) is 8.50. The van der Waals surface area contributed by atoms with Gasteiger partial charge in [-0.15, -0.1) is 0 Å². The Kier molecular flexibility index (Phi) is 5.00. The van der Waals surface area contributed by atoms with E-state index in [1.807, 2.05) is 0 Å². The van der Waals surface area contributed by atoms with E-state index in [0.717, 1.165) is 56.4 Å². The number of carboxylic acid groups (broad SMARTS) is 1. The van der Waals surface area contributed by atoms with Crippen LogP contribution in [0.25, 0.3) is 0 Å². The number of nitrogens with one attached hydrogen (secondary N) is 1. The molecular weight excluding hydrogens is 382 g/mol. The fourth-order valence-electron chi connectivity index (χ4n) is 4.72. The quantitative estimate of drug-likeness (QED) is 0.808. The molecule has 2 aromatic rings. The van der Waals surface area contributed by atoms with Crippen LogP contribution >= 0.6 is 0 Å². The van der Waals surface area contributed by atoms with Crippen molar-refractivity contribution in [2.45, 2.75) is 24.5 Å². The zero-order chi connectivity index (χ0) is 20.6. The van der Waals surface area contributed by atoms with Crippen LogP contribution in [0, 0.1) is 0 Å². The van der Waals surface area contributed by atoms with Gasteiger partial charge in [0.2, 0.25) is 0 Å². The maximum atomic E-state index is 10.9. The Morgan fingerprint density at radius 1 is 1.17 bits per heavy atom. The molecule has 0 saturated carbocycles. The van der Waals surface area contributed by atoms with Crippen LogP contribution in [0.2, 0.25) is 0 Å². The van der Waals surface area contributed by atoms with Gasteiger partial charge in [-0.2, -0.15) is 0 Å². The van der Waals surface area contributed by atoms with Gasteiger partial charge < -0.3 is 24.8 Å². The third-order valence-electron chi connectivity index (χ3n) is 6.40. The minimum Gasteiger partial charge on any atom is -0.491 e. The minimum atomic E-state index is -1.01. The van der Waals surface area contributed by atoms with E-state index in [1.165, 1.54) is 5.56 Å². The lowest BCUT2D eigenvalue weighted by Gasteiger charge is -2.55. The molecule has 2 fully saturated rings. The van der Waals surface area contributed by atoms with Crippen LogP contribution in [0.4, 0.5) is 10.5 Å². The largest absolute Gasteiger partial charge is 0.491 e. The number of hydrogen-bond acceptors (Lipinski definition) is 5. The number of carbonyl (C=O) groups is 1. The van der Waals surface area contributed by atoms with E-state index in [-0.39, 0.29) is 11.6 Å². The average Bonchev–Trinajstić information content (AvgIpc) is 2.73. The van der Waals surface area contributed by atoms with Crippen LogP contribution in [-0.2, 0) is 17.7 Å². The molecule has 0 bridgehead atoms. The van der Waals surface area contributed by atoms with Crippen molar-refractivity contribution in [3.8, 4) is 5.75 Å². The zero-order valence-electron chi connectivity index (χ0n) is 16.9. The molecule has 3 aliphatic rings. The number of anilines is 1. The number of benzene rings is 2. The summed E-state index contributed by atoms with van der Waals surface area (Å²) < 4.78 is 11.5. The summed E-state index contributed by atoms with van der Waals surface area (Å²) in [5, 5.41) is 11.4. The molecule has 0 unspecified atom stereocenters. The first-order chi connectivity index (χ1) is 14.6. The van der Waals surface area contributed by atoms with Crippen molar-refractivity contribution in [3.63, 3.8) is 0 Å². The number of rotatable bonds is 4. The standard InChI is InChI=1S/C23H27N3O4/c27-22(28)24-19-10-18-6-7-20(11-21(18)30-13-19)25-8-9-26(23(14-25)15-29-16-23)12-17-4-2-1-3-5-17/h1-7,11,19,24H,8-10,12-16H2,(H,27,28)/t19-/m1/s1. The second-order valence-corrected chi connectivity index (χ2v) is 8.50. The molecule has 1 atom stereocenters. The maximum Gasteiger partial charge on any atom is 0.405 e. The van der Waals surface area contributed by atoms with Crippen molar-refractivity contribution < 1.29 is 19.4 Å². The van der Waals surface area contributed by atoms with Gasteiger partial charge in [0, 0.05) is 37.9 Å². The van der Waals surface area contributed by atoms with Gasteiger partial charge in [0.1, 0.15) is 12.4 Å². The summed E-state index contributed by atoms with van der Waals surface area (Å²) in [4.78, 5) is 15.9. The first-order valence-electron chi connectivity index (χ1n) is 10.5. The lowest BCUT2D eigenvalue weighted by atomic mass is 9.90. The van der Waals surface area contributed by atoms with Crippen molar-refractivity contribution in [1.82, 2.24) is 10.2 Å². The van der Waals surface area contributed by atoms with Gasteiger partial charge in [0.05, 0.1) is 24.8 Å². The maximum absolute atomic E-state index is 10.9. The fourth-order valence-corrected chi connectivity index (χ4v) is 4.72. The topological polar surface area (TPSA) is 74.3 Å². The smallest absolute Gasteiger partial charge is 0.405 e. The van der Waals surface area contributed by atoms with Gasteiger partial charge in [-0.3, -0.25) is 4.90 Å². The van der Waals surface area contributed by atoms with Gasteiger partial charge in [-0.1, -0.05) is 36.4 Å². The third-order valence-corrected chi connectivity index (χ3v) is 6.40. The van der Waals surface area contributed by atoms with Crippen LogP contribution in [0.15, 0.2) is 48.5 Å². The Morgan fingerprint density at radius 3 is 2.73 bits per heavy atom. The van der Waals surface area contributed by atoms with E-state index in [9.17, 15) is 4.79 Å². The van der Waals surface area contributed by atoms with Crippen molar-refractivity contribution >= 4 is 11.8 Å². The van der Waals surface area contributed by atoms with Crippen LogP contribution in [0.5, 0.6) is 5.75 Å².